The first kappa shape index (κ1) is 13.7. The smallest absolute Gasteiger partial charge is 0.307 e. The second-order valence-corrected chi connectivity index (χ2v) is 5.97. The van der Waals surface area contributed by atoms with E-state index in [1.165, 1.54) is 0 Å². The Bertz CT molecular complexity index is 668. The number of benzene rings is 1. The summed E-state index contributed by atoms with van der Waals surface area (Å²) in [5.74, 6) is -0.966. The molecule has 2 unspecified atom stereocenters. The van der Waals surface area contributed by atoms with Crippen molar-refractivity contribution < 1.29 is 14.3 Å². The molecule has 1 aliphatic carbocycles. The number of aromatic nitrogens is 1. The zero-order chi connectivity index (χ0) is 14.3. The molecular weight excluding hydrogens is 301 g/mol. The summed E-state index contributed by atoms with van der Waals surface area (Å²) in [4.78, 5) is 15.7. The number of hydrogen-bond donors (Lipinski definition) is 1. The van der Waals surface area contributed by atoms with Gasteiger partial charge in [0.2, 0.25) is 0 Å². The van der Waals surface area contributed by atoms with Crippen molar-refractivity contribution in [1.29, 1.82) is 0 Å². The normalized spacial score (nSPS) is 23.1. The van der Waals surface area contributed by atoms with Crippen LogP contribution in [0.5, 0.6) is 0 Å². The lowest BCUT2D eigenvalue weighted by Gasteiger charge is -2.25. The highest BCUT2D eigenvalue weighted by molar-refractivity contribution is 6.37. The van der Waals surface area contributed by atoms with E-state index in [4.69, 9.17) is 27.6 Å². The Kier molecular flexibility index (Phi) is 3.61. The number of rotatable bonds is 2. The highest BCUT2D eigenvalue weighted by atomic mass is 35.5. The Hall–Kier alpha value is -1.26. The fraction of sp³-hybridized carbons (Fsp3) is 0.429. The number of fused-ring (bicyclic) bond motifs is 1. The molecule has 20 heavy (non-hydrogen) atoms. The Balaban J connectivity index is 2.04. The van der Waals surface area contributed by atoms with Gasteiger partial charge in [-0.05, 0) is 25.0 Å². The summed E-state index contributed by atoms with van der Waals surface area (Å²) in [6.07, 6.45) is 3.35. The largest absolute Gasteiger partial charge is 0.481 e. The molecular formula is C14H13Cl2NO3. The molecule has 0 amide bonds. The zero-order valence-electron chi connectivity index (χ0n) is 10.6. The molecule has 1 saturated carbocycles. The molecule has 1 heterocycles. The molecule has 106 valence electrons. The quantitative estimate of drug-likeness (QED) is 0.887. The van der Waals surface area contributed by atoms with Crippen LogP contribution in [-0.2, 0) is 4.79 Å². The third-order valence-corrected chi connectivity index (χ3v) is 4.33. The van der Waals surface area contributed by atoms with E-state index in [-0.39, 0.29) is 5.92 Å². The van der Waals surface area contributed by atoms with Crippen molar-refractivity contribution in [3.8, 4) is 0 Å². The molecule has 0 spiro atoms. The fourth-order valence-electron chi connectivity index (χ4n) is 2.86. The number of carboxylic acids is 1. The molecule has 6 heteroatoms. The maximum Gasteiger partial charge on any atom is 0.307 e. The number of carbonyl (C=O) groups is 1. The summed E-state index contributed by atoms with van der Waals surface area (Å²) >= 11 is 12.0. The van der Waals surface area contributed by atoms with Crippen LogP contribution < -0.4 is 0 Å². The van der Waals surface area contributed by atoms with E-state index in [1.807, 2.05) is 0 Å². The minimum absolute atomic E-state index is 0.191. The molecule has 4 nitrogen and oxygen atoms in total. The highest BCUT2D eigenvalue weighted by Crippen LogP contribution is 2.40. The third kappa shape index (κ3) is 2.38. The molecule has 0 aliphatic heterocycles. The van der Waals surface area contributed by atoms with Crippen LogP contribution in [0.1, 0.15) is 37.5 Å². The van der Waals surface area contributed by atoms with E-state index in [2.05, 4.69) is 4.98 Å². The minimum Gasteiger partial charge on any atom is -0.481 e. The highest BCUT2D eigenvalue weighted by Gasteiger charge is 2.35. The summed E-state index contributed by atoms with van der Waals surface area (Å²) in [6, 6.07) is 3.27. The number of nitrogens with zero attached hydrogens (tertiary/aromatic N) is 1. The van der Waals surface area contributed by atoms with E-state index in [0.717, 1.165) is 19.3 Å². The standard InChI is InChI=1S/C14H13Cl2NO3/c15-7-5-10(16)12-11(6-7)17-13(20-12)8-3-1-2-4-9(8)14(18)19/h5-6,8-9H,1-4H2,(H,18,19). The Morgan fingerprint density at radius 1 is 1.30 bits per heavy atom. The Labute approximate surface area is 125 Å². The molecule has 3 rings (SSSR count). The molecule has 0 bridgehead atoms. The average molecular weight is 314 g/mol. The van der Waals surface area contributed by atoms with Gasteiger partial charge in [-0.15, -0.1) is 0 Å². The van der Waals surface area contributed by atoms with Gasteiger partial charge in [0.15, 0.2) is 11.5 Å². The van der Waals surface area contributed by atoms with Crippen LogP contribution in [0.25, 0.3) is 11.1 Å². The van der Waals surface area contributed by atoms with Crippen LogP contribution in [-0.4, -0.2) is 16.1 Å². The lowest BCUT2D eigenvalue weighted by atomic mass is 9.79. The van der Waals surface area contributed by atoms with Crippen LogP contribution in [0.3, 0.4) is 0 Å². The van der Waals surface area contributed by atoms with Gasteiger partial charge in [-0.3, -0.25) is 4.79 Å². The third-order valence-electron chi connectivity index (χ3n) is 3.83. The number of aliphatic carboxylic acids is 1. The zero-order valence-corrected chi connectivity index (χ0v) is 12.1. The first-order valence-corrected chi connectivity index (χ1v) is 7.30. The van der Waals surface area contributed by atoms with Gasteiger partial charge in [-0.1, -0.05) is 36.0 Å². The predicted molar refractivity (Wildman–Crippen MR) is 76.4 cm³/mol. The van der Waals surface area contributed by atoms with E-state index in [1.54, 1.807) is 12.1 Å². The Morgan fingerprint density at radius 2 is 2.05 bits per heavy atom. The fourth-order valence-corrected chi connectivity index (χ4v) is 3.38. The van der Waals surface area contributed by atoms with Crippen molar-refractivity contribution in [2.75, 3.05) is 0 Å². The van der Waals surface area contributed by atoms with Crippen molar-refractivity contribution in [3.63, 3.8) is 0 Å². The predicted octanol–water partition coefficient (Wildman–Crippen LogP) is 4.49. The second-order valence-electron chi connectivity index (χ2n) is 5.12. The lowest BCUT2D eigenvalue weighted by molar-refractivity contribution is -0.143. The summed E-state index contributed by atoms with van der Waals surface area (Å²) in [7, 11) is 0. The molecule has 1 aromatic heterocycles. The van der Waals surface area contributed by atoms with Crippen LogP contribution in [0.4, 0.5) is 0 Å². The van der Waals surface area contributed by atoms with Crippen molar-refractivity contribution >= 4 is 40.3 Å². The number of carboxylic acid groups (broad SMARTS) is 1. The average Bonchev–Trinajstić information content (AvgIpc) is 2.82. The number of hydrogen-bond acceptors (Lipinski definition) is 3. The van der Waals surface area contributed by atoms with Crippen LogP contribution >= 0.6 is 23.2 Å². The van der Waals surface area contributed by atoms with Gasteiger partial charge < -0.3 is 9.52 Å². The van der Waals surface area contributed by atoms with E-state index in [9.17, 15) is 9.90 Å². The van der Waals surface area contributed by atoms with Crippen molar-refractivity contribution in [3.05, 3.63) is 28.1 Å². The summed E-state index contributed by atoms with van der Waals surface area (Å²) in [5.41, 5.74) is 1.05. The van der Waals surface area contributed by atoms with Gasteiger partial charge >= 0.3 is 5.97 Å². The minimum atomic E-state index is -0.791. The molecule has 2 aromatic rings. The summed E-state index contributed by atoms with van der Waals surface area (Å²) in [5, 5.41) is 10.2. The van der Waals surface area contributed by atoms with Gasteiger partial charge in [-0.25, -0.2) is 4.98 Å². The maximum absolute atomic E-state index is 11.4. The molecule has 1 aliphatic rings. The molecule has 1 aromatic carbocycles. The monoisotopic (exact) mass is 313 g/mol. The van der Waals surface area contributed by atoms with E-state index < -0.39 is 11.9 Å². The second kappa shape index (κ2) is 5.26. The first-order chi connectivity index (χ1) is 9.56. The van der Waals surface area contributed by atoms with Gasteiger partial charge in [0.05, 0.1) is 10.9 Å². The van der Waals surface area contributed by atoms with Crippen molar-refractivity contribution in [1.82, 2.24) is 4.98 Å². The maximum atomic E-state index is 11.4. The van der Waals surface area contributed by atoms with Crippen LogP contribution in [0.2, 0.25) is 10.0 Å². The van der Waals surface area contributed by atoms with Gasteiger partial charge in [0.25, 0.3) is 0 Å². The van der Waals surface area contributed by atoms with Crippen molar-refractivity contribution in [2.24, 2.45) is 5.92 Å². The topological polar surface area (TPSA) is 63.3 Å². The number of oxazole rings is 1. The van der Waals surface area contributed by atoms with Gasteiger partial charge in [0.1, 0.15) is 5.52 Å². The van der Waals surface area contributed by atoms with E-state index >= 15 is 0 Å². The Morgan fingerprint density at radius 3 is 2.80 bits per heavy atom. The number of halogens is 2. The molecule has 2 atom stereocenters. The molecule has 0 saturated heterocycles. The lowest BCUT2D eigenvalue weighted by Crippen LogP contribution is -2.25. The molecule has 1 fully saturated rings. The van der Waals surface area contributed by atoms with Gasteiger partial charge in [0, 0.05) is 10.9 Å². The molecule has 1 N–H and O–H groups in total. The summed E-state index contributed by atoms with van der Waals surface area (Å²) in [6.45, 7) is 0. The summed E-state index contributed by atoms with van der Waals surface area (Å²) < 4.78 is 5.71. The molecule has 0 radical (unpaired) electrons. The first-order valence-electron chi connectivity index (χ1n) is 6.54. The van der Waals surface area contributed by atoms with Gasteiger partial charge in [-0.2, -0.15) is 0 Å². The van der Waals surface area contributed by atoms with E-state index in [0.29, 0.717) is 33.5 Å². The van der Waals surface area contributed by atoms with Crippen LogP contribution in [0.15, 0.2) is 16.5 Å². The van der Waals surface area contributed by atoms with Crippen LogP contribution in [0, 0.1) is 5.92 Å². The van der Waals surface area contributed by atoms with Crippen molar-refractivity contribution in [2.45, 2.75) is 31.6 Å². The SMILES string of the molecule is O=C(O)C1CCCCC1c1nc2cc(Cl)cc(Cl)c2o1.